The lowest BCUT2D eigenvalue weighted by Crippen LogP contribution is -2.37. The van der Waals surface area contributed by atoms with Crippen LogP contribution in [-0.4, -0.2) is 45.2 Å². The van der Waals surface area contributed by atoms with E-state index in [1.54, 1.807) is 7.05 Å². The first kappa shape index (κ1) is 22.0. The average Bonchev–Trinajstić information content (AvgIpc) is 2.67. The molecule has 0 fully saturated rings. The SMILES string of the molecule is CCCCNC(=O)c1ccc(CNC(=NC)NCCCCOCC)cc1. The molecule has 0 aliphatic heterocycles. The summed E-state index contributed by atoms with van der Waals surface area (Å²) in [5, 5.41) is 9.51. The Morgan fingerprint density at radius 2 is 1.73 bits per heavy atom. The molecule has 0 unspecified atom stereocenters. The summed E-state index contributed by atoms with van der Waals surface area (Å²) >= 11 is 0. The summed E-state index contributed by atoms with van der Waals surface area (Å²) < 4.78 is 5.32. The van der Waals surface area contributed by atoms with Gasteiger partial charge in [0.25, 0.3) is 5.91 Å². The molecule has 0 bridgehead atoms. The van der Waals surface area contributed by atoms with Gasteiger partial charge in [0, 0.05) is 45.5 Å². The Kier molecular flexibility index (Phi) is 11.9. The molecule has 0 aromatic heterocycles. The van der Waals surface area contributed by atoms with E-state index in [0.717, 1.165) is 63.5 Å². The van der Waals surface area contributed by atoms with E-state index in [9.17, 15) is 4.79 Å². The third-order valence-electron chi connectivity index (χ3n) is 3.93. The van der Waals surface area contributed by atoms with Crippen molar-refractivity contribution in [2.75, 3.05) is 33.4 Å². The van der Waals surface area contributed by atoms with Gasteiger partial charge < -0.3 is 20.7 Å². The van der Waals surface area contributed by atoms with Crippen LogP contribution in [0.15, 0.2) is 29.3 Å². The molecule has 3 N–H and O–H groups in total. The number of hydrogen-bond acceptors (Lipinski definition) is 3. The summed E-state index contributed by atoms with van der Waals surface area (Å²) in [6.07, 6.45) is 4.17. The lowest BCUT2D eigenvalue weighted by atomic mass is 10.1. The van der Waals surface area contributed by atoms with Gasteiger partial charge in [0.2, 0.25) is 0 Å². The maximum absolute atomic E-state index is 12.0. The van der Waals surface area contributed by atoms with E-state index >= 15 is 0 Å². The second kappa shape index (κ2) is 14.1. The molecule has 0 heterocycles. The van der Waals surface area contributed by atoms with Crippen molar-refractivity contribution in [1.29, 1.82) is 0 Å². The summed E-state index contributed by atoms with van der Waals surface area (Å²) in [5.41, 5.74) is 1.80. The summed E-state index contributed by atoms with van der Waals surface area (Å²) in [4.78, 5) is 16.2. The van der Waals surface area contributed by atoms with Gasteiger partial charge in [-0.05, 0) is 43.9 Å². The van der Waals surface area contributed by atoms with Gasteiger partial charge in [0.15, 0.2) is 5.96 Å². The highest BCUT2D eigenvalue weighted by Gasteiger charge is 2.04. The molecule has 26 heavy (non-hydrogen) atoms. The van der Waals surface area contributed by atoms with Crippen molar-refractivity contribution in [1.82, 2.24) is 16.0 Å². The molecule has 0 radical (unpaired) electrons. The number of benzene rings is 1. The maximum atomic E-state index is 12.0. The lowest BCUT2D eigenvalue weighted by molar-refractivity contribution is 0.0953. The third kappa shape index (κ3) is 9.42. The van der Waals surface area contributed by atoms with E-state index in [2.05, 4.69) is 27.9 Å². The first-order valence-corrected chi connectivity index (χ1v) is 9.60. The van der Waals surface area contributed by atoms with Crippen molar-refractivity contribution in [3.63, 3.8) is 0 Å². The molecule has 0 aliphatic carbocycles. The third-order valence-corrected chi connectivity index (χ3v) is 3.93. The van der Waals surface area contributed by atoms with Gasteiger partial charge in [-0.15, -0.1) is 0 Å². The van der Waals surface area contributed by atoms with Crippen LogP contribution in [0, 0.1) is 0 Å². The van der Waals surface area contributed by atoms with E-state index in [1.165, 1.54) is 0 Å². The van der Waals surface area contributed by atoms with Crippen molar-refractivity contribution in [3.05, 3.63) is 35.4 Å². The second-order valence-corrected chi connectivity index (χ2v) is 6.06. The predicted octanol–water partition coefficient (Wildman–Crippen LogP) is 2.70. The van der Waals surface area contributed by atoms with E-state index < -0.39 is 0 Å². The zero-order chi connectivity index (χ0) is 19.0. The van der Waals surface area contributed by atoms with Crippen LogP contribution in [0.25, 0.3) is 0 Å². The number of aliphatic imine (C=N–C) groups is 1. The van der Waals surface area contributed by atoms with Gasteiger partial charge in [-0.2, -0.15) is 0 Å². The molecule has 1 aromatic rings. The van der Waals surface area contributed by atoms with Crippen LogP contribution in [0.2, 0.25) is 0 Å². The Balaban J connectivity index is 2.31. The molecule has 1 amide bonds. The topological polar surface area (TPSA) is 74.8 Å². The predicted molar refractivity (Wildman–Crippen MR) is 108 cm³/mol. The van der Waals surface area contributed by atoms with Gasteiger partial charge in [0.05, 0.1) is 0 Å². The van der Waals surface area contributed by atoms with E-state index in [0.29, 0.717) is 12.1 Å². The Morgan fingerprint density at radius 3 is 2.38 bits per heavy atom. The van der Waals surface area contributed by atoms with Crippen LogP contribution in [0.5, 0.6) is 0 Å². The number of carbonyl (C=O) groups excluding carboxylic acids is 1. The minimum absolute atomic E-state index is 0.0116. The maximum Gasteiger partial charge on any atom is 0.251 e. The molecule has 0 aliphatic rings. The normalized spacial score (nSPS) is 11.3. The Bertz CT molecular complexity index is 529. The molecular formula is C20H34N4O2. The van der Waals surface area contributed by atoms with Gasteiger partial charge in [-0.1, -0.05) is 25.5 Å². The molecule has 1 aromatic carbocycles. The number of guanidine groups is 1. The fourth-order valence-corrected chi connectivity index (χ4v) is 2.34. The number of carbonyl (C=O) groups is 1. The van der Waals surface area contributed by atoms with Crippen LogP contribution in [0.3, 0.4) is 0 Å². The molecule has 146 valence electrons. The molecule has 0 saturated heterocycles. The van der Waals surface area contributed by atoms with E-state index in [4.69, 9.17) is 4.74 Å². The number of nitrogens with one attached hydrogen (secondary N) is 3. The number of unbranched alkanes of at least 4 members (excludes halogenated alkanes) is 2. The fourth-order valence-electron chi connectivity index (χ4n) is 2.34. The molecular weight excluding hydrogens is 328 g/mol. The minimum Gasteiger partial charge on any atom is -0.382 e. The van der Waals surface area contributed by atoms with Crippen LogP contribution >= 0.6 is 0 Å². The Labute approximate surface area is 157 Å². The van der Waals surface area contributed by atoms with Gasteiger partial charge in [-0.25, -0.2) is 0 Å². The summed E-state index contributed by atoms with van der Waals surface area (Å²) in [7, 11) is 1.76. The highest BCUT2D eigenvalue weighted by atomic mass is 16.5. The van der Waals surface area contributed by atoms with Crippen molar-refractivity contribution >= 4 is 11.9 Å². The fraction of sp³-hybridized carbons (Fsp3) is 0.600. The van der Waals surface area contributed by atoms with Gasteiger partial charge in [-0.3, -0.25) is 9.79 Å². The smallest absolute Gasteiger partial charge is 0.251 e. The molecule has 1 rings (SSSR count). The number of amides is 1. The summed E-state index contributed by atoms with van der Waals surface area (Å²) in [6.45, 7) is 7.95. The van der Waals surface area contributed by atoms with Crippen molar-refractivity contribution in [3.8, 4) is 0 Å². The van der Waals surface area contributed by atoms with Gasteiger partial charge in [0.1, 0.15) is 0 Å². The Morgan fingerprint density at radius 1 is 1.00 bits per heavy atom. The van der Waals surface area contributed by atoms with Crippen molar-refractivity contribution in [2.24, 2.45) is 4.99 Å². The first-order valence-electron chi connectivity index (χ1n) is 9.60. The molecule has 6 nitrogen and oxygen atoms in total. The second-order valence-electron chi connectivity index (χ2n) is 6.06. The van der Waals surface area contributed by atoms with E-state index in [1.807, 2.05) is 31.2 Å². The summed E-state index contributed by atoms with van der Waals surface area (Å²) in [6, 6.07) is 7.67. The largest absolute Gasteiger partial charge is 0.382 e. The molecule has 0 spiro atoms. The number of nitrogens with zero attached hydrogens (tertiary/aromatic N) is 1. The highest BCUT2D eigenvalue weighted by Crippen LogP contribution is 2.04. The first-order chi connectivity index (χ1) is 12.7. The van der Waals surface area contributed by atoms with Crippen molar-refractivity contribution in [2.45, 2.75) is 46.1 Å². The lowest BCUT2D eigenvalue weighted by Gasteiger charge is -2.12. The molecule has 0 atom stereocenters. The van der Waals surface area contributed by atoms with E-state index in [-0.39, 0.29) is 5.91 Å². The van der Waals surface area contributed by atoms with Crippen LogP contribution in [-0.2, 0) is 11.3 Å². The van der Waals surface area contributed by atoms with Crippen LogP contribution in [0.4, 0.5) is 0 Å². The van der Waals surface area contributed by atoms with Gasteiger partial charge >= 0.3 is 0 Å². The highest BCUT2D eigenvalue weighted by molar-refractivity contribution is 5.94. The summed E-state index contributed by atoms with van der Waals surface area (Å²) in [5.74, 6) is 0.769. The molecule has 6 heteroatoms. The number of hydrogen-bond donors (Lipinski definition) is 3. The quantitative estimate of drug-likeness (QED) is 0.304. The standard InChI is InChI=1S/C20H34N4O2/c1-4-6-13-22-19(25)18-11-9-17(10-12-18)16-24-20(21-3)23-14-7-8-15-26-5-2/h9-12H,4-8,13-16H2,1-3H3,(H,22,25)(H2,21,23,24). The Hall–Kier alpha value is -2.08. The zero-order valence-corrected chi connectivity index (χ0v) is 16.4. The number of rotatable bonds is 12. The average molecular weight is 363 g/mol. The van der Waals surface area contributed by atoms with Crippen LogP contribution < -0.4 is 16.0 Å². The number of ether oxygens (including phenoxy) is 1. The van der Waals surface area contributed by atoms with Crippen LogP contribution in [0.1, 0.15) is 55.5 Å². The zero-order valence-electron chi connectivity index (χ0n) is 16.4. The molecule has 0 saturated carbocycles. The minimum atomic E-state index is -0.0116. The monoisotopic (exact) mass is 362 g/mol. The van der Waals surface area contributed by atoms with Crippen molar-refractivity contribution < 1.29 is 9.53 Å².